The normalized spacial score (nSPS) is 10.5. The third kappa shape index (κ3) is 5.42. The third-order valence-corrected chi connectivity index (χ3v) is 3.60. The van der Waals surface area contributed by atoms with Crippen LogP contribution in [0.1, 0.15) is 36.7 Å². The molecule has 0 fully saturated rings. The molecule has 4 nitrogen and oxygen atoms in total. The molecule has 116 valence electrons. The number of carbonyl (C=O) groups is 2. The lowest BCUT2D eigenvalue weighted by Crippen LogP contribution is -2.41. The highest BCUT2D eigenvalue weighted by molar-refractivity contribution is 7.97. The molecule has 0 aliphatic heterocycles. The van der Waals surface area contributed by atoms with E-state index in [4.69, 9.17) is 4.74 Å². The first-order valence-corrected chi connectivity index (χ1v) is 8.43. The summed E-state index contributed by atoms with van der Waals surface area (Å²) in [7, 11) is 0. The van der Waals surface area contributed by atoms with Gasteiger partial charge in [-0.1, -0.05) is 12.1 Å². The van der Waals surface area contributed by atoms with Crippen molar-refractivity contribution >= 4 is 23.6 Å². The maximum absolute atomic E-state index is 12.6. The number of benzene rings is 1. The molecule has 0 saturated carbocycles. The Kier molecular flexibility index (Phi) is 7.29. The van der Waals surface area contributed by atoms with Gasteiger partial charge in [-0.15, -0.1) is 0 Å². The second-order valence-corrected chi connectivity index (χ2v) is 5.83. The summed E-state index contributed by atoms with van der Waals surface area (Å²) in [5, 5.41) is 0. The van der Waals surface area contributed by atoms with Crippen molar-refractivity contribution in [2.45, 2.75) is 32.6 Å². The van der Waals surface area contributed by atoms with Gasteiger partial charge in [-0.05, 0) is 44.7 Å². The number of amides is 1. The van der Waals surface area contributed by atoms with Crippen molar-refractivity contribution in [3.05, 3.63) is 35.4 Å². The van der Waals surface area contributed by atoms with Gasteiger partial charge in [0, 0.05) is 17.4 Å². The van der Waals surface area contributed by atoms with Crippen molar-refractivity contribution in [1.82, 2.24) is 4.90 Å². The van der Waals surface area contributed by atoms with E-state index in [0.29, 0.717) is 12.2 Å². The fourth-order valence-corrected chi connectivity index (χ4v) is 2.47. The molecular formula is C16H23NO3S. The SMILES string of the molecule is CCOC(=O)CN(C(=O)c1cccc(CSC)c1)C(C)C. The molecule has 0 heterocycles. The first-order chi connectivity index (χ1) is 9.99. The number of ether oxygens (including phenoxy) is 1. The molecule has 0 spiro atoms. The van der Waals surface area contributed by atoms with Crippen LogP contribution in [0.2, 0.25) is 0 Å². The van der Waals surface area contributed by atoms with Crippen LogP contribution in [0, 0.1) is 0 Å². The van der Waals surface area contributed by atoms with Gasteiger partial charge in [0.15, 0.2) is 0 Å². The lowest BCUT2D eigenvalue weighted by Gasteiger charge is -2.26. The molecule has 0 bridgehead atoms. The zero-order chi connectivity index (χ0) is 15.8. The van der Waals surface area contributed by atoms with Gasteiger partial charge >= 0.3 is 5.97 Å². The summed E-state index contributed by atoms with van der Waals surface area (Å²) in [6.07, 6.45) is 2.02. The molecule has 0 unspecified atom stereocenters. The van der Waals surface area contributed by atoms with Crippen LogP contribution in [0.25, 0.3) is 0 Å². The van der Waals surface area contributed by atoms with Gasteiger partial charge in [-0.3, -0.25) is 9.59 Å². The van der Waals surface area contributed by atoms with Crippen LogP contribution in [0.4, 0.5) is 0 Å². The van der Waals surface area contributed by atoms with Crippen LogP contribution >= 0.6 is 11.8 Å². The number of rotatable bonds is 7. The fraction of sp³-hybridized carbons (Fsp3) is 0.500. The number of hydrogen-bond acceptors (Lipinski definition) is 4. The smallest absolute Gasteiger partial charge is 0.325 e. The Balaban J connectivity index is 2.90. The molecule has 0 saturated heterocycles. The predicted molar refractivity (Wildman–Crippen MR) is 86.5 cm³/mol. The summed E-state index contributed by atoms with van der Waals surface area (Å²) in [6, 6.07) is 7.48. The molecule has 0 aliphatic carbocycles. The van der Waals surface area contributed by atoms with Crippen LogP contribution in [0.15, 0.2) is 24.3 Å². The van der Waals surface area contributed by atoms with Gasteiger partial charge in [-0.25, -0.2) is 0 Å². The van der Waals surface area contributed by atoms with Crippen molar-refractivity contribution in [3.8, 4) is 0 Å². The van der Waals surface area contributed by atoms with Crippen molar-refractivity contribution in [1.29, 1.82) is 0 Å². The van der Waals surface area contributed by atoms with E-state index in [1.807, 2.05) is 38.3 Å². The van der Waals surface area contributed by atoms with Crippen LogP contribution in [0.5, 0.6) is 0 Å². The van der Waals surface area contributed by atoms with Crippen molar-refractivity contribution in [2.75, 3.05) is 19.4 Å². The molecule has 1 rings (SSSR count). The van der Waals surface area contributed by atoms with E-state index in [1.54, 1.807) is 24.8 Å². The Bertz CT molecular complexity index is 488. The fourth-order valence-electron chi connectivity index (χ4n) is 1.96. The van der Waals surface area contributed by atoms with Crippen LogP contribution in [0.3, 0.4) is 0 Å². The summed E-state index contributed by atoms with van der Waals surface area (Å²) in [4.78, 5) is 25.8. The average Bonchev–Trinajstić information content (AvgIpc) is 2.45. The average molecular weight is 309 g/mol. The zero-order valence-electron chi connectivity index (χ0n) is 13.1. The van der Waals surface area contributed by atoms with Gasteiger partial charge in [0.05, 0.1) is 6.61 Å². The summed E-state index contributed by atoms with van der Waals surface area (Å²) in [5.41, 5.74) is 1.72. The van der Waals surface area contributed by atoms with Crippen LogP contribution in [-0.2, 0) is 15.3 Å². The number of carbonyl (C=O) groups excluding carboxylic acids is 2. The highest BCUT2D eigenvalue weighted by Gasteiger charge is 2.22. The molecule has 1 amide bonds. The molecule has 0 atom stereocenters. The van der Waals surface area contributed by atoms with Gasteiger partial charge < -0.3 is 9.64 Å². The lowest BCUT2D eigenvalue weighted by atomic mass is 10.1. The van der Waals surface area contributed by atoms with E-state index < -0.39 is 0 Å². The van der Waals surface area contributed by atoms with Crippen LogP contribution in [-0.4, -0.2) is 42.2 Å². The standard InChI is InChI=1S/C16H23NO3S/c1-5-20-15(18)10-17(12(2)3)16(19)14-8-6-7-13(9-14)11-21-4/h6-9,12H,5,10-11H2,1-4H3. The largest absolute Gasteiger partial charge is 0.465 e. The van der Waals surface area contributed by atoms with E-state index in [0.717, 1.165) is 11.3 Å². The molecule has 1 aromatic rings. The number of nitrogens with zero attached hydrogens (tertiary/aromatic N) is 1. The third-order valence-electron chi connectivity index (χ3n) is 2.97. The quantitative estimate of drug-likeness (QED) is 0.727. The molecule has 0 N–H and O–H groups in total. The molecule has 21 heavy (non-hydrogen) atoms. The van der Waals surface area contributed by atoms with Gasteiger partial charge in [0.25, 0.3) is 5.91 Å². The maximum atomic E-state index is 12.6. The molecular weight excluding hydrogens is 286 g/mol. The minimum Gasteiger partial charge on any atom is -0.465 e. The van der Waals surface area contributed by atoms with E-state index in [-0.39, 0.29) is 24.5 Å². The second kappa shape index (κ2) is 8.72. The van der Waals surface area contributed by atoms with E-state index in [2.05, 4.69) is 0 Å². The van der Waals surface area contributed by atoms with Crippen molar-refractivity contribution in [3.63, 3.8) is 0 Å². The number of hydrogen-bond donors (Lipinski definition) is 0. The Morgan fingerprint density at radius 2 is 2.05 bits per heavy atom. The molecule has 0 aliphatic rings. The van der Waals surface area contributed by atoms with Crippen molar-refractivity contribution < 1.29 is 14.3 Å². The Labute approximate surface area is 130 Å². The first-order valence-electron chi connectivity index (χ1n) is 7.04. The van der Waals surface area contributed by atoms with Crippen molar-refractivity contribution in [2.24, 2.45) is 0 Å². The zero-order valence-corrected chi connectivity index (χ0v) is 13.9. The summed E-state index contributed by atoms with van der Waals surface area (Å²) in [5.74, 6) is 0.349. The monoisotopic (exact) mass is 309 g/mol. The Morgan fingerprint density at radius 1 is 1.33 bits per heavy atom. The first kappa shape index (κ1) is 17.6. The minimum absolute atomic E-state index is 0.0168. The second-order valence-electron chi connectivity index (χ2n) is 4.97. The molecule has 0 aromatic heterocycles. The highest BCUT2D eigenvalue weighted by atomic mass is 32.2. The summed E-state index contributed by atoms with van der Waals surface area (Å²) >= 11 is 1.71. The van der Waals surface area contributed by atoms with E-state index in [9.17, 15) is 9.59 Å². The molecule has 5 heteroatoms. The number of thioether (sulfide) groups is 1. The molecule has 1 aromatic carbocycles. The molecule has 0 radical (unpaired) electrons. The lowest BCUT2D eigenvalue weighted by molar-refractivity contribution is -0.144. The van der Waals surface area contributed by atoms with Crippen LogP contribution < -0.4 is 0 Å². The predicted octanol–water partition coefficient (Wildman–Crippen LogP) is 2.96. The number of esters is 1. The minimum atomic E-state index is -0.375. The van der Waals surface area contributed by atoms with Gasteiger partial charge in [0.1, 0.15) is 6.54 Å². The Hall–Kier alpha value is -1.49. The summed E-state index contributed by atoms with van der Waals surface area (Å²) < 4.78 is 4.93. The Morgan fingerprint density at radius 3 is 2.62 bits per heavy atom. The topological polar surface area (TPSA) is 46.6 Å². The van der Waals surface area contributed by atoms with E-state index >= 15 is 0 Å². The van der Waals surface area contributed by atoms with Gasteiger partial charge in [0.2, 0.25) is 0 Å². The van der Waals surface area contributed by atoms with E-state index in [1.165, 1.54) is 4.90 Å². The van der Waals surface area contributed by atoms with Gasteiger partial charge in [-0.2, -0.15) is 11.8 Å². The highest BCUT2D eigenvalue weighted by Crippen LogP contribution is 2.14. The summed E-state index contributed by atoms with van der Waals surface area (Å²) in [6.45, 7) is 5.84. The maximum Gasteiger partial charge on any atom is 0.325 e.